The van der Waals surface area contributed by atoms with E-state index in [-0.39, 0.29) is 0 Å². The van der Waals surface area contributed by atoms with E-state index >= 15 is 0 Å². The van der Waals surface area contributed by atoms with E-state index in [2.05, 4.69) is 16.9 Å². The average molecular weight is 227 g/mol. The lowest BCUT2D eigenvalue weighted by atomic mass is 10.3. The lowest BCUT2D eigenvalue weighted by Crippen LogP contribution is -1.91. The second kappa shape index (κ2) is 6.40. The minimum Gasteiger partial charge on any atom is -0.501 e. The Morgan fingerprint density at radius 1 is 1.53 bits per heavy atom. The molecule has 0 spiro atoms. The van der Waals surface area contributed by atoms with Gasteiger partial charge in [0, 0.05) is 6.20 Å². The molecule has 0 N–H and O–H groups in total. The third-order valence-corrected chi connectivity index (χ3v) is 2.12. The van der Waals surface area contributed by atoms with Crippen molar-refractivity contribution in [3.8, 4) is 0 Å². The van der Waals surface area contributed by atoms with Gasteiger partial charge in [-0.1, -0.05) is 24.9 Å². The summed E-state index contributed by atoms with van der Waals surface area (Å²) < 4.78 is 5.27. The Balaban J connectivity index is 2.52. The van der Waals surface area contributed by atoms with Gasteiger partial charge in [0.05, 0.1) is 23.6 Å². The molecule has 1 rings (SSSR count). The van der Waals surface area contributed by atoms with E-state index in [0.29, 0.717) is 16.5 Å². The van der Waals surface area contributed by atoms with E-state index in [4.69, 9.17) is 16.3 Å². The van der Waals surface area contributed by atoms with E-state index in [0.717, 1.165) is 19.4 Å². The van der Waals surface area contributed by atoms with Crippen LogP contribution in [-0.2, 0) is 4.74 Å². The van der Waals surface area contributed by atoms with Crippen LogP contribution in [0, 0.1) is 6.92 Å². The van der Waals surface area contributed by atoms with Crippen molar-refractivity contribution >= 4 is 17.7 Å². The Morgan fingerprint density at radius 2 is 2.33 bits per heavy atom. The molecule has 0 radical (unpaired) electrons. The van der Waals surface area contributed by atoms with Crippen molar-refractivity contribution in [1.29, 1.82) is 0 Å². The fraction of sp³-hybridized carbons (Fsp3) is 0.455. The van der Waals surface area contributed by atoms with Gasteiger partial charge in [0.25, 0.3) is 0 Å². The number of halogens is 1. The summed E-state index contributed by atoms with van der Waals surface area (Å²) in [4.78, 5) is 8.16. The van der Waals surface area contributed by atoms with Gasteiger partial charge in [-0.3, -0.25) is 0 Å². The lowest BCUT2D eigenvalue weighted by molar-refractivity contribution is 0.246. The minimum atomic E-state index is 0.538. The number of aromatic nitrogens is 2. The van der Waals surface area contributed by atoms with Crippen molar-refractivity contribution in [2.45, 2.75) is 26.7 Å². The van der Waals surface area contributed by atoms with Crippen LogP contribution in [0.5, 0.6) is 0 Å². The van der Waals surface area contributed by atoms with Crippen LogP contribution in [-0.4, -0.2) is 16.6 Å². The molecule has 0 saturated carbocycles. The molecule has 0 aliphatic carbocycles. The van der Waals surface area contributed by atoms with Crippen LogP contribution < -0.4 is 0 Å². The molecule has 0 saturated heterocycles. The van der Waals surface area contributed by atoms with Gasteiger partial charge < -0.3 is 4.74 Å². The van der Waals surface area contributed by atoms with Crippen LogP contribution in [0.3, 0.4) is 0 Å². The van der Waals surface area contributed by atoms with E-state index in [1.165, 1.54) is 0 Å². The number of unbranched alkanes of at least 4 members (excludes halogenated alkanes) is 1. The van der Waals surface area contributed by atoms with E-state index in [1.807, 2.05) is 6.92 Å². The van der Waals surface area contributed by atoms with Gasteiger partial charge in [-0.25, -0.2) is 9.97 Å². The Kier molecular flexibility index (Phi) is 5.12. The normalized spacial score (nSPS) is 10.9. The number of nitrogens with zero attached hydrogens (tertiary/aromatic N) is 2. The molecule has 0 amide bonds. The minimum absolute atomic E-state index is 0.538. The summed E-state index contributed by atoms with van der Waals surface area (Å²) in [6, 6.07) is 0. The van der Waals surface area contributed by atoms with Gasteiger partial charge >= 0.3 is 0 Å². The zero-order valence-corrected chi connectivity index (χ0v) is 9.79. The van der Waals surface area contributed by atoms with Gasteiger partial charge in [-0.2, -0.15) is 0 Å². The Bertz CT molecular complexity index is 339. The predicted octanol–water partition coefficient (Wildman–Crippen LogP) is 3.23. The maximum absolute atomic E-state index is 5.90. The molecule has 0 aromatic carbocycles. The molecule has 1 heterocycles. The number of aryl methyl sites for hydroxylation is 1. The second-order valence-electron chi connectivity index (χ2n) is 3.18. The topological polar surface area (TPSA) is 35.0 Å². The number of rotatable bonds is 5. The first-order chi connectivity index (χ1) is 7.24. The summed E-state index contributed by atoms with van der Waals surface area (Å²) >= 11 is 5.90. The van der Waals surface area contributed by atoms with Crippen molar-refractivity contribution in [2.24, 2.45) is 0 Å². The zero-order valence-electron chi connectivity index (χ0n) is 9.03. The molecular formula is C11H15ClN2O. The van der Waals surface area contributed by atoms with Gasteiger partial charge in [-0.15, -0.1) is 0 Å². The highest BCUT2D eigenvalue weighted by Gasteiger charge is 1.98. The predicted molar refractivity (Wildman–Crippen MR) is 61.7 cm³/mol. The first kappa shape index (κ1) is 12.0. The highest BCUT2D eigenvalue weighted by Crippen LogP contribution is 2.13. The largest absolute Gasteiger partial charge is 0.501 e. The quantitative estimate of drug-likeness (QED) is 0.571. The fourth-order valence-corrected chi connectivity index (χ4v) is 1.15. The Hall–Kier alpha value is -1.09. The van der Waals surface area contributed by atoms with Crippen LogP contribution in [0.25, 0.3) is 6.08 Å². The third kappa shape index (κ3) is 4.30. The van der Waals surface area contributed by atoms with Crippen LogP contribution in [0.2, 0.25) is 5.02 Å². The third-order valence-electron chi connectivity index (χ3n) is 1.83. The summed E-state index contributed by atoms with van der Waals surface area (Å²) in [5.41, 5.74) is 0.695. The molecule has 1 aromatic heterocycles. The number of hydrogen-bond acceptors (Lipinski definition) is 3. The van der Waals surface area contributed by atoms with Crippen molar-refractivity contribution in [1.82, 2.24) is 9.97 Å². The molecule has 82 valence electrons. The molecule has 4 heteroatoms. The zero-order chi connectivity index (χ0) is 11.1. The molecule has 1 aromatic rings. The van der Waals surface area contributed by atoms with Crippen molar-refractivity contribution < 1.29 is 4.74 Å². The number of ether oxygens (including phenoxy) is 1. The maximum Gasteiger partial charge on any atom is 0.125 e. The van der Waals surface area contributed by atoms with Crippen LogP contribution in [0.1, 0.15) is 31.3 Å². The maximum atomic E-state index is 5.90. The number of hydrogen-bond donors (Lipinski definition) is 0. The molecule has 0 atom stereocenters. The second-order valence-corrected chi connectivity index (χ2v) is 3.58. The van der Waals surface area contributed by atoms with E-state index < -0.39 is 0 Å². The van der Waals surface area contributed by atoms with Gasteiger partial charge in [0.1, 0.15) is 5.82 Å². The van der Waals surface area contributed by atoms with E-state index in [9.17, 15) is 0 Å². The molecule has 0 fully saturated rings. The van der Waals surface area contributed by atoms with Gasteiger partial charge in [-0.05, 0) is 19.4 Å². The lowest BCUT2D eigenvalue weighted by Gasteiger charge is -1.99. The van der Waals surface area contributed by atoms with E-state index in [1.54, 1.807) is 18.5 Å². The summed E-state index contributed by atoms with van der Waals surface area (Å²) in [5, 5.41) is 0.538. The molecule has 0 bridgehead atoms. The molecule has 3 nitrogen and oxygen atoms in total. The Labute approximate surface area is 95.2 Å². The first-order valence-corrected chi connectivity index (χ1v) is 5.39. The van der Waals surface area contributed by atoms with Crippen LogP contribution in [0.15, 0.2) is 12.5 Å². The molecule has 0 aliphatic rings. The Morgan fingerprint density at radius 3 is 3.07 bits per heavy atom. The van der Waals surface area contributed by atoms with Gasteiger partial charge in [0.15, 0.2) is 0 Å². The van der Waals surface area contributed by atoms with Crippen molar-refractivity contribution in [3.63, 3.8) is 0 Å². The van der Waals surface area contributed by atoms with Crippen LogP contribution >= 0.6 is 11.6 Å². The summed E-state index contributed by atoms with van der Waals surface area (Å²) in [5.74, 6) is 0.701. The highest BCUT2D eigenvalue weighted by molar-refractivity contribution is 6.31. The molecular weight excluding hydrogens is 212 g/mol. The molecule has 15 heavy (non-hydrogen) atoms. The first-order valence-electron chi connectivity index (χ1n) is 5.01. The average Bonchev–Trinajstić information content (AvgIpc) is 2.23. The summed E-state index contributed by atoms with van der Waals surface area (Å²) in [6.45, 7) is 4.68. The fourth-order valence-electron chi connectivity index (χ4n) is 0.998. The van der Waals surface area contributed by atoms with Crippen molar-refractivity contribution in [2.75, 3.05) is 6.61 Å². The smallest absolute Gasteiger partial charge is 0.125 e. The summed E-state index contributed by atoms with van der Waals surface area (Å²) in [7, 11) is 0. The van der Waals surface area contributed by atoms with Crippen molar-refractivity contribution in [3.05, 3.63) is 29.0 Å². The standard InChI is InChI=1S/C11H15ClN2O/c1-3-4-6-15-7-5-11-10(12)8-13-9(2)14-11/h5,7-8H,3-4,6H2,1-2H3/b7-5-. The SMILES string of the molecule is CCCCO/C=C\c1nc(C)ncc1Cl. The molecule has 0 unspecified atom stereocenters. The highest BCUT2D eigenvalue weighted by atomic mass is 35.5. The summed E-state index contributed by atoms with van der Waals surface area (Å²) in [6.07, 6.45) is 7.16. The van der Waals surface area contributed by atoms with Crippen LogP contribution in [0.4, 0.5) is 0 Å². The van der Waals surface area contributed by atoms with Gasteiger partial charge in [0.2, 0.25) is 0 Å². The molecule has 0 aliphatic heterocycles. The monoisotopic (exact) mass is 226 g/mol.